The Morgan fingerprint density at radius 2 is 1.00 bits per heavy atom. The predicted octanol–water partition coefficient (Wildman–Crippen LogP) is -6.58. The Balaban J connectivity index is -0.00000000750. The fraction of sp³-hybridized carbons (Fsp3) is 0. The van der Waals surface area contributed by atoms with Gasteiger partial charge in [-0.15, -0.1) is 0 Å². The molecule has 0 aliphatic rings. The van der Waals surface area contributed by atoms with E-state index < -0.39 is 8.60 Å². The van der Waals surface area contributed by atoms with Crippen molar-refractivity contribution in [2.24, 2.45) is 0 Å². The molecule has 30 valence electrons. The third kappa shape index (κ3) is 49.3. The van der Waals surface area contributed by atoms with Crippen molar-refractivity contribution >= 4 is 8.60 Å². The molecule has 0 saturated heterocycles. The van der Waals surface area contributed by atoms with E-state index in [0.717, 1.165) is 0 Å². The Morgan fingerprint density at radius 1 is 1.00 bits per heavy atom. The van der Waals surface area contributed by atoms with Crippen LogP contribution in [0.5, 0.6) is 0 Å². The Morgan fingerprint density at radius 3 is 1.00 bits per heavy atom. The van der Waals surface area contributed by atoms with Gasteiger partial charge in [0.05, 0.1) is 0 Å². The van der Waals surface area contributed by atoms with Gasteiger partial charge in [0.2, 0.25) is 0 Å². The molecule has 3 nitrogen and oxygen atoms in total. The first-order valence-corrected chi connectivity index (χ1v) is 1.80. The largest absolute Gasteiger partial charge is 1.00 e. The molecule has 0 heterocycles. The van der Waals surface area contributed by atoms with E-state index in [-0.39, 0.29) is 40.6 Å². The van der Waals surface area contributed by atoms with Crippen LogP contribution >= 0.6 is 8.60 Å². The van der Waals surface area contributed by atoms with Gasteiger partial charge < -0.3 is 17.5 Å². The zero-order chi connectivity index (χ0) is 3.58. The van der Waals surface area contributed by atoms with E-state index in [1.807, 2.05) is 0 Å². The zero-order valence-corrected chi connectivity index (χ0v) is 4.68. The summed E-state index contributed by atoms with van der Waals surface area (Å²) in [5.41, 5.74) is 0. The van der Waals surface area contributed by atoms with Gasteiger partial charge in [0, 0.05) is 0 Å². The smallest absolute Gasteiger partial charge is 1.00 e. The molecule has 3 N–H and O–H groups in total. The minimum absolute atomic E-state index is 0. The third-order valence-electron chi connectivity index (χ3n) is 0. The molecule has 0 rings (SSSR count). The van der Waals surface area contributed by atoms with E-state index in [4.69, 9.17) is 14.7 Å². The van der Waals surface area contributed by atoms with Crippen molar-refractivity contribution in [3.05, 3.63) is 0 Å². The molecule has 0 aromatic heterocycles. The first kappa shape index (κ1) is 15.6. The van der Waals surface area contributed by atoms with E-state index in [1.54, 1.807) is 0 Å². The van der Waals surface area contributed by atoms with Crippen molar-refractivity contribution in [2.75, 3.05) is 0 Å². The van der Waals surface area contributed by atoms with Crippen molar-refractivity contribution in [1.82, 2.24) is 0 Å². The van der Waals surface area contributed by atoms with Gasteiger partial charge in [0.25, 0.3) is 0 Å². The van der Waals surface area contributed by atoms with E-state index in [2.05, 4.69) is 0 Å². The van der Waals surface area contributed by atoms with E-state index in [0.29, 0.717) is 0 Å². The average Bonchev–Trinajstić information content (AvgIpc) is 0.811. The second-order valence-electron chi connectivity index (χ2n) is 0.268. The molecule has 0 aromatic rings. The predicted molar refractivity (Wildman–Crippen MR) is 15.8 cm³/mol. The first-order chi connectivity index (χ1) is 1.73. The molecule has 6 heteroatoms. The molecule has 0 spiro atoms. The number of hydrogen-bond acceptors (Lipinski definition) is 3. The van der Waals surface area contributed by atoms with Crippen molar-refractivity contribution in [1.29, 1.82) is 0 Å². The normalized spacial score (nSPS) is 6.00. The van der Waals surface area contributed by atoms with Gasteiger partial charge in [-0.05, 0) is 0 Å². The molecule has 0 aromatic carbocycles. The van der Waals surface area contributed by atoms with Gasteiger partial charge in [0.15, 0.2) is 0 Å². The molecular formula is H5Li2O3P. The molecular weight excluding hydrogens is 92.9 g/mol. The zero-order valence-electron chi connectivity index (χ0n) is 5.79. The summed E-state index contributed by atoms with van der Waals surface area (Å²) in [5, 5.41) is 0. The van der Waals surface area contributed by atoms with Crippen LogP contribution in [0.4, 0.5) is 0 Å². The van der Waals surface area contributed by atoms with Gasteiger partial charge in [-0.2, -0.15) is 0 Å². The molecule has 0 aliphatic carbocycles. The fourth-order valence-electron chi connectivity index (χ4n) is 0. The third-order valence-corrected chi connectivity index (χ3v) is 0. The second-order valence-corrected chi connectivity index (χ2v) is 0.805. The Bertz CT molecular complexity index is 20.0. The summed E-state index contributed by atoms with van der Waals surface area (Å²) in [4.78, 5) is 21.7. The SMILES string of the molecule is OP(O)O.[H-].[H-].[Li+].[Li+]. The van der Waals surface area contributed by atoms with Gasteiger partial charge in [-0.1, -0.05) is 0 Å². The topological polar surface area (TPSA) is 60.7 Å². The molecule has 0 aliphatic heterocycles. The number of rotatable bonds is 0. The van der Waals surface area contributed by atoms with Gasteiger partial charge >= 0.3 is 46.3 Å². The van der Waals surface area contributed by atoms with E-state index >= 15 is 0 Å². The molecule has 0 atom stereocenters. The summed E-state index contributed by atoms with van der Waals surface area (Å²) >= 11 is 0. The van der Waals surface area contributed by atoms with Gasteiger partial charge in [0.1, 0.15) is 0 Å². The van der Waals surface area contributed by atoms with E-state index in [1.165, 1.54) is 0 Å². The van der Waals surface area contributed by atoms with Crippen LogP contribution in [0.25, 0.3) is 0 Å². The Hall–Kier alpha value is 1.50. The molecule has 0 saturated carbocycles. The number of hydrogen-bond donors (Lipinski definition) is 3. The van der Waals surface area contributed by atoms with Crippen LogP contribution in [0.3, 0.4) is 0 Å². The van der Waals surface area contributed by atoms with Crippen molar-refractivity contribution < 1.29 is 55.3 Å². The Labute approximate surface area is 64.1 Å². The molecule has 0 amide bonds. The van der Waals surface area contributed by atoms with Crippen LogP contribution in [0, 0.1) is 0 Å². The summed E-state index contributed by atoms with van der Waals surface area (Å²) < 4.78 is 0. The maximum atomic E-state index is 7.23. The van der Waals surface area contributed by atoms with Gasteiger partial charge in [-0.3, -0.25) is 0 Å². The average molecular weight is 97.9 g/mol. The molecule has 0 bridgehead atoms. The van der Waals surface area contributed by atoms with Crippen molar-refractivity contribution in [2.45, 2.75) is 0 Å². The summed E-state index contributed by atoms with van der Waals surface area (Å²) in [6.45, 7) is 0. The molecule has 0 unspecified atom stereocenters. The van der Waals surface area contributed by atoms with Crippen LogP contribution in [-0.4, -0.2) is 14.7 Å². The maximum absolute atomic E-state index is 7.23. The van der Waals surface area contributed by atoms with Crippen LogP contribution in [-0.2, 0) is 0 Å². The van der Waals surface area contributed by atoms with Gasteiger partial charge in [-0.25, -0.2) is 0 Å². The quantitative estimate of drug-likeness (QED) is 0.208. The Kier molecular flexibility index (Phi) is 25.3. The summed E-state index contributed by atoms with van der Waals surface area (Å²) in [6.07, 6.45) is 0. The molecule has 0 fully saturated rings. The first-order valence-electron chi connectivity index (χ1n) is 0.600. The monoisotopic (exact) mass is 98.0 g/mol. The summed E-state index contributed by atoms with van der Waals surface area (Å²) in [7, 11) is -2.62. The second kappa shape index (κ2) is 9.71. The summed E-state index contributed by atoms with van der Waals surface area (Å²) in [6, 6.07) is 0. The summed E-state index contributed by atoms with van der Waals surface area (Å²) in [5.74, 6) is 0. The standard InChI is InChI=1S/2Li.H3O3P.2H/c;;1-4(2)3;;/h;;1-3H;;/q2*+1;;2*-1. The fourth-order valence-corrected chi connectivity index (χ4v) is 0. The van der Waals surface area contributed by atoms with Crippen molar-refractivity contribution in [3.8, 4) is 0 Å². The van der Waals surface area contributed by atoms with Crippen LogP contribution in [0.1, 0.15) is 2.85 Å². The minimum atomic E-state index is -2.62. The maximum Gasteiger partial charge on any atom is 1.00 e. The minimum Gasteiger partial charge on any atom is -1.00 e. The van der Waals surface area contributed by atoms with Crippen LogP contribution < -0.4 is 37.7 Å². The van der Waals surface area contributed by atoms with E-state index in [9.17, 15) is 0 Å². The van der Waals surface area contributed by atoms with Crippen LogP contribution in [0.2, 0.25) is 0 Å². The van der Waals surface area contributed by atoms with Crippen LogP contribution in [0.15, 0.2) is 0 Å². The van der Waals surface area contributed by atoms with Crippen molar-refractivity contribution in [3.63, 3.8) is 0 Å². The molecule has 0 radical (unpaired) electrons. The molecule has 6 heavy (non-hydrogen) atoms.